The highest BCUT2D eigenvalue weighted by Gasteiger charge is 1.99. The Kier molecular flexibility index (Phi) is 7.73. The van der Waals surface area contributed by atoms with Crippen LogP contribution in [0.2, 0.25) is 0 Å². The van der Waals surface area contributed by atoms with Crippen LogP contribution in [0.1, 0.15) is 31.6 Å². The molecule has 0 amide bonds. The molecule has 3 nitrogen and oxygen atoms in total. The van der Waals surface area contributed by atoms with Crippen LogP contribution in [0, 0.1) is 0 Å². The Balaban J connectivity index is 0. The maximum absolute atomic E-state index is 10.7. The van der Waals surface area contributed by atoms with Gasteiger partial charge in [0, 0.05) is 0 Å². The number of hydrogen-bond acceptors (Lipinski definition) is 2. The van der Waals surface area contributed by atoms with E-state index in [-0.39, 0.29) is 13.0 Å². The van der Waals surface area contributed by atoms with Crippen LogP contribution in [0.3, 0.4) is 0 Å². The monoisotopic (exact) mass is 183 g/mol. The molecule has 0 radical (unpaired) electrons. The zero-order valence-electron chi connectivity index (χ0n) is 7.07. The van der Waals surface area contributed by atoms with E-state index in [0.29, 0.717) is 0 Å². The first-order valence-corrected chi connectivity index (χ1v) is 3.71. The fraction of sp³-hybridized carbons (Fsp3) is 0.300. The van der Waals surface area contributed by atoms with E-state index in [1.165, 1.54) is 24.3 Å². The van der Waals surface area contributed by atoms with E-state index in [9.17, 15) is 9.90 Å². The minimum absolute atomic E-state index is 0. The van der Waals surface area contributed by atoms with Crippen LogP contribution in [-0.4, -0.2) is 11.1 Å². The Morgan fingerprint density at radius 2 is 1.77 bits per heavy atom. The molecular formula is C10H15O3-. The van der Waals surface area contributed by atoms with Crippen molar-refractivity contribution in [2.45, 2.75) is 21.3 Å². The van der Waals surface area contributed by atoms with Crippen molar-refractivity contribution in [1.82, 2.24) is 0 Å². The fourth-order valence-corrected chi connectivity index (χ4v) is 0.643. The van der Waals surface area contributed by atoms with Gasteiger partial charge in [-0.1, -0.05) is 45.2 Å². The summed E-state index contributed by atoms with van der Waals surface area (Å²) in [7, 11) is 0. The second-order valence-corrected chi connectivity index (χ2v) is 1.80. The van der Waals surface area contributed by atoms with Gasteiger partial charge in [-0.05, 0) is 6.07 Å². The second-order valence-electron chi connectivity index (χ2n) is 1.80. The molecule has 1 aromatic rings. The lowest BCUT2D eigenvalue weighted by molar-refractivity contribution is -0.268. The number of aromatic carboxylic acids is 1. The van der Waals surface area contributed by atoms with Gasteiger partial charge in [-0.25, -0.2) is 4.79 Å². The summed E-state index contributed by atoms with van der Waals surface area (Å²) >= 11 is 0. The zero-order valence-corrected chi connectivity index (χ0v) is 7.07. The molecule has 0 saturated carbocycles. The van der Waals surface area contributed by atoms with Gasteiger partial charge in [0.1, 0.15) is 0 Å². The molecule has 0 aliphatic carbocycles. The third-order valence-electron chi connectivity index (χ3n) is 1.12. The highest BCUT2D eigenvalue weighted by Crippen LogP contribution is 2.10. The molecule has 0 fully saturated rings. The summed E-state index contributed by atoms with van der Waals surface area (Å²) in [6.45, 7) is 4.00. The molecule has 74 valence electrons. The van der Waals surface area contributed by atoms with Gasteiger partial charge >= 0.3 is 5.97 Å². The number of rotatable bonds is 1. The molecule has 0 bridgehead atoms. The summed E-state index contributed by atoms with van der Waals surface area (Å²) < 4.78 is 0. The van der Waals surface area contributed by atoms with E-state index in [1.54, 1.807) is 0 Å². The van der Waals surface area contributed by atoms with E-state index in [0.717, 1.165) is 0 Å². The van der Waals surface area contributed by atoms with Gasteiger partial charge in [0.25, 0.3) is 0 Å². The van der Waals surface area contributed by atoms with E-state index >= 15 is 0 Å². The highest BCUT2D eigenvalue weighted by atomic mass is 16.4. The Bertz CT molecular complexity index is 256. The molecule has 0 aliphatic heterocycles. The third-order valence-corrected chi connectivity index (χ3v) is 1.12. The molecular weight excluding hydrogens is 168 g/mol. The summed E-state index contributed by atoms with van der Waals surface area (Å²) in [6, 6.07) is 5.54. The fourth-order valence-electron chi connectivity index (χ4n) is 0.643. The quantitative estimate of drug-likeness (QED) is 0.725. The van der Waals surface area contributed by atoms with Crippen LogP contribution in [0.5, 0.6) is 5.75 Å². The van der Waals surface area contributed by atoms with Crippen LogP contribution in [-0.2, 0) is 0 Å². The van der Waals surface area contributed by atoms with Crippen LogP contribution in [0.4, 0.5) is 0 Å². The summed E-state index contributed by atoms with van der Waals surface area (Å²) in [5.41, 5.74) is -0.178. The number of para-hydroxylation sites is 1. The molecule has 0 saturated heterocycles. The first-order chi connectivity index (χ1) is 5.72. The molecule has 0 atom stereocenters. The molecule has 0 unspecified atom stereocenters. The van der Waals surface area contributed by atoms with Crippen molar-refractivity contribution < 1.29 is 15.0 Å². The molecule has 1 rings (SSSR count). The summed E-state index contributed by atoms with van der Waals surface area (Å²) in [5, 5.41) is 19.0. The average Bonchev–Trinajstić information content (AvgIpc) is 2.08. The lowest BCUT2D eigenvalue weighted by Crippen LogP contribution is -2.02. The van der Waals surface area contributed by atoms with E-state index in [1.807, 2.05) is 13.8 Å². The number of carboxylic acids is 1. The van der Waals surface area contributed by atoms with Crippen molar-refractivity contribution in [3.05, 3.63) is 29.8 Å². The zero-order chi connectivity index (χ0) is 9.56. The Morgan fingerprint density at radius 3 is 2.08 bits per heavy atom. The molecule has 0 aliphatic rings. The number of benzene rings is 1. The van der Waals surface area contributed by atoms with Gasteiger partial charge in [-0.2, -0.15) is 0 Å². The lowest BCUT2D eigenvalue weighted by Gasteiger charge is -2.07. The maximum Gasteiger partial charge on any atom is 0.335 e. The van der Waals surface area contributed by atoms with Gasteiger partial charge in [0.05, 0.1) is 5.56 Å². The Hall–Kier alpha value is -1.51. The summed E-state index contributed by atoms with van der Waals surface area (Å²) in [4.78, 5) is 10.2. The van der Waals surface area contributed by atoms with Crippen molar-refractivity contribution in [2.24, 2.45) is 0 Å². The SMILES string of the molecule is C.CC.O=C(O)c1ccccc1[O-]. The van der Waals surface area contributed by atoms with Crippen molar-refractivity contribution >= 4 is 5.97 Å². The van der Waals surface area contributed by atoms with E-state index in [4.69, 9.17) is 5.11 Å². The standard InChI is InChI=1S/C7H6O3.C2H6.CH4/c8-6-4-2-1-3-5(6)7(9)10;1-2;/h1-4,8H,(H,9,10);1-2H3;1H4/p-1. The smallest absolute Gasteiger partial charge is 0.335 e. The summed E-state index contributed by atoms with van der Waals surface area (Å²) in [5.74, 6) is -1.62. The Labute approximate surface area is 78.7 Å². The minimum atomic E-state index is -1.18. The molecule has 0 heterocycles. The Morgan fingerprint density at radius 1 is 1.31 bits per heavy atom. The molecule has 1 N–H and O–H groups in total. The lowest BCUT2D eigenvalue weighted by atomic mass is 10.2. The maximum atomic E-state index is 10.7. The van der Waals surface area contributed by atoms with Crippen LogP contribution in [0.15, 0.2) is 24.3 Å². The van der Waals surface area contributed by atoms with Gasteiger partial charge < -0.3 is 10.2 Å². The predicted octanol–water partition coefficient (Wildman–Crippen LogP) is 2.12. The average molecular weight is 183 g/mol. The van der Waals surface area contributed by atoms with Crippen molar-refractivity contribution in [3.63, 3.8) is 0 Å². The van der Waals surface area contributed by atoms with Crippen LogP contribution in [0.25, 0.3) is 0 Å². The molecule has 0 spiro atoms. The first kappa shape index (κ1) is 14.0. The largest absolute Gasteiger partial charge is 0.872 e. The highest BCUT2D eigenvalue weighted by molar-refractivity contribution is 5.90. The van der Waals surface area contributed by atoms with Crippen LogP contribution < -0.4 is 5.11 Å². The van der Waals surface area contributed by atoms with Gasteiger partial charge in [-0.15, -0.1) is 0 Å². The van der Waals surface area contributed by atoms with Crippen molar-refractivity contribution in [2.75, 3.05) is 0 Å². The van der Waals surface area contributed by atoms with E-state index < -0.39 is 11.7 Å². The predicted molar refractivity (Wildman–Crippen MR) is 50.9 cm³/mol. The third kappa shape index (κ3) is 4.15. The van der Waals surface area contributed by atoms with Gasteiger partial charge in [0.15, 0.2) is 0 Å². The summed E-state index contributed by atoms with van der Waals surface area (Å²) in [6.07, 6.45) is 0. The number of carbonyl (C=O) groups is 1. The normalized spacial score (nSPS) is 7.54. The topological polar surface area (TPSA) is 60.4 Å². The number of carboxylic acid groups (broad SMARTS) is 1. The molecule has 0 aromatic heterocycles. The molecule has 1 aromatic carbocycles. The molecule has 13 heavy (non-hydrogen) atoms. The number of hydrogen-bond donors (Lipinski definition) is 1. The van der Waals surface area contributed by atoms with Crippen LogP contribution >= 0.6 is 0 Å². The van der Waals surface area contributed by atoms with E-state index in [2.05, 4.69) is 0 Å². The van der Waals surface area contributed by atoms with Gasteiger partial charge in [0.2, 0.25) is 0 Å². The minimum Gasteiger partial charge on any atom is -0.872 e. The van der Waals surface area contributed by atoms with Crippen molar-refractivity contribution in [1.29, 1.82) is 0 Å². The first-order valence-electron chi connectivity index (χ1n) is 3.71. The molecule has 3 heteroatoms. The second kappa shape index (κ2) is 7.16. The van der Waals surface area contributed by atoms with Crippen molar-refractivity contribution in [3.8, 4) is 5.75 Å². The van der Waals surface area contributed by atoms with Gasteiger partial charge in [-0.3, -0.25) is 0 Å².